The molecule has 0 heterocycles. The Morgan fingerprint density at radius 2 is 0.810 bits per heavy atom. The number of nitrogens with one attached hydrogen (secondary N) is 1. The third kappa shape index (κ3) is 59.4. The van der Waals surface area contributed by atoms with Crippen LogP contribution in [0.25, 0.3) is 0 Å². The summed E-state index contributed by atoms with van der Waals surface area (Å²) in [5.41, 5.74) is 0. The summed E-state index contributed by atoms with van der Waals surface area (Å²) in [5.74, 6) is -0.558. The first kappa shape index (κ1) is 75.9. The highest BCUT2D eigenvalue weighted by molar-refractivity contribution is 7.47. The van der Waals surface area contributed by atoms with Crippen LogP contribution in [0.2, 0.25) is 0 Å². The van der Waals surface area contributed by atoms with Crippen molar-refractivity contribution in [2.45, 2.75) is 290 Å². The molecule has 0 aliphatic heterocycles. The van der Waals surface area contributed by atoms with Gasteiger partial charge in [0, 0.05) is 12.8 Å². The van der Waals surface area contributed by atoms with Crippen molar-refractivity contribution in [2.24, 2.45) is 0 Å². The summed E-state index contributed by atoms with van der Waals surface area (Å²) in [4.78, 5) is 37.8. The van der Waals surface area contributed by atoms with Crippen molar-refractivity contribution in [2.75, 3.05) is 40.9 Å². The van der Waals surface area contributed by atoms with Crippen LogP contribution >= 0.6 is 7.82 Å². The van der Waals surface area contributed by atoms with Gasteiger partial charge in [-0.1, -0.05) is 253 Å². The molecule has 1 amide bonds. The van der Waals surface area contributed by atoms with Crippen LogP contribution in [0, 0.1) is 0 Å². The largest absolute Gasteiger partial charge is 0.472 e. The van der Waals surface area contributed by atoms with Gasteiger partial charge in [0.2, 0.25) is 5.91 Å². The SMILES string of the molecule is CC/C=C\C/C=C\C/C=C\C/C=C\C/C=C\C/C=C\CCCCC(=O)OC(/C=C/CCCCCCCCCCCCC)C(COP(=O)(O)OCC[N+](C)(C)C)NC(=O)CCCCCCCCCCC/C=C/CCCCCCCC. The number of ether oxygens (including phenoxy) is 1. The van der Waals surface area contributed by atoms with E-state index in [1.165, 1.54) is 148 Å². The molecular formula is C69H124N2O7P+. The molecule has 0 rings (SSSR count). The van der Waals surface area contributed by atoms with E-state index in [-0.39, 0.29) is 31.5 Å². The lowest BCUT2D eigenvalue weighted by Crippen LogP contribution is -2.47. The highest BCUT2D eigenvalue weighted by atomic mass is 31.2. The van der Waals surface area contributed by atoms with E-state index in [0.29, 0.717) is 23.9 Å². The predicted octanol–water partition coefficient (Wildman–Crippen LogP) is 20.3. The second kappa shape index (κ2) is 58.1. The second-order valence-corrected chi connectivity index (χ2v) is 24.4. The molecule has 456 valence electrons. The number of esters is 1. The first-order chi connectivity index (χ1) is 38.4. The zero-order valence-electron chi connectivity index (χ0n) is 52.1. The molecule has 0 fully saturated rings. The number of quaternary nitrogens is 1. The van der Waals surface area contributed by atoms with Gasteiger partial charge >= 0.3 is 13.8 Å². The maximum Gasteiger partial charge on any atom is 0.472 e. The van der Waals surface area contributed by atoms with Gasteiger partial charge in [-0.2, -0.15) is 0 Å². The highest BCUT2D eigenvalue weighted by Crippen LogP contribution is 2.43. The Balaban J connectivity index is 5.33. The van der Waals surface area contributed by atoms with E-state index in [1.807, 2.05) is 33.3 Å². The lowest BCUT2D eigenvalue weighted by Gasteiger charge is -2.27. The molecule has 2 N–H and O–H groups in total. The van der Waals surface area contributed by atoms with Crippen molar-refractivity contribution in [3.8, 4) is 0 Å². The number of allylic oxidation sites excluding steroid dienone is 15. The van der Waals surface area contributed by atoms with Crippen molar-refractivity contribution < 1.29 is 37.3 Å². The van der Waals surface area contributed by atoms with Crippen molar-refractivity contribution in [1.29, 1.82) is 0 Å². The van der Waals surface area contributed by atoms with Crippen LogP contribution in [0.4, 0.5) is 0 Å². The van der Waals surface area contributed by atoms with Gasteiger partial charge in [-0.3, -0.25) is 18.6 Å². The van der Waals surface area contributed by atoms with Gasteiger partial charge < -0.3 is 19.4 Å². The number of nitrogens with zero attached hydrogens (tertiary/aromatic N) is 1. The summed E-state index contributed by atoms with van der Waals surface area (Å²) in [6.45, 7) is 6.87. The number of phosphoric ester groups is 1. The fraction of sp³-hybridized carbons (Fsp3) is 0.739. The summed E-state index contributed by atoms with van der Waals surface area (Å²) in [7, 11) is 1.46. The van der Waals surface area contributed by atoms with E-state index >= 15 is 0 Å². The van der Waals surface area contributed by atoms with Crippen molar-refractivity contribution in [3.05, 3.63) is 97.2 Å². The van der Waals surface area contributed by atoms with E-state index in [2.05, 4.69) is 111 Å². The summed E-state index contributed by atoms with van der Waals surface area (Å²) in [5, 5.41) is 3.05. The van der Waals surface area contributed by atoms with E-state index in [1.54, 1.807) is 0 Å². The molecule has 10 heteroatoms. The molecule has 0 spiro atoms. The maximum atomic E-state index is 13.6. The van der Waals surface area contributed by atoms with Gasteiger partial charge in [0.1, 0.15) is 19.3 Å². The topological polar surface area (TPSA) is 111 Å². The quantitative estimate of drug-likeness (QED) is 0.0205. The van der Waals surface area contributed by atoms with Crippen molar-refractivity contribution in [3.63, 3.8) is 0 Å². The number of carbonyl (C=O) groups is 2. The molecule has 3 atom stereocenters. The summed E-state index contributed by atoms with van der Waals surface area (Å²) < 4.78 is 30.7. The Hall–Kier alpha value is -3.07. The first-order valence-corrected chi connectivity index (χ1v) is 34.1. The monoisotopic (exact) mass is 1120 g/mol. The average Bonchev–Trinajstić information content (AvgIpc) is 3.41. The molecule has 0 radical (unpaired) electrons. The Morgan fingerprint density at radius 3 is 1.24 bits per heavy atom. The highest BCUT2D eigenvalue weighted by Gasteiger charge is 2.30. The number of carbonyl (C=O) groups excluding carboxylic acids is 2. The Labute approximate surface area is 488 Å². The average molecular weight is 1120 g/mol. The standard InChI is InChI=1S/C69H123N2O7P/c1-7-10-13-16-19-22-25-28-30-32-34-35-37-39-41-44-47-50-53-56-59-62-69(73)78-67(60-57-54-51-48-45-42-27-24-21-18-15-12-9-3)66(65-77-79(74,75)76-64-63-71(4,5)6)70-68(72)61-58-55-52-49-46-43-40-38-36-33-31-29-26-23-20-17-14-11-8-2/h10,13,19,22,28-31,34-35,39,41,47,50,57,60,66-67H,7-9,11-12,14-18,20-21,23-27,32-33,36-38,40,42-46,48-49,51-56,58-59,61-65H2,1-6H3,(H-,70,72,74,75)/p+1/b13-10-,22-19-,30-28-,31-29+,35-34-,41-39-,50-47-,60-57+. The zero-order valence-corrected chi connectivity index (χ0v) is 53.0. The smallest absolute Gasteiger partial charge is 0.456 e. The van der Waals surface area contributed by atoms with Crippen LogP contribution in [-0.2, 0) is 27.9 Å². The first-order valence-electron chi connectivity index (χ1n) is 32.6. The van der Waals surface area contributed by atoms with E-state index in [4.69, 9.17) is 13.8 Å². The maximum absolute atomic E-state index is 13.6. The number of rotatable bonds is 58. The number of likely N-dealkylation sites (N-methyl/N-ethyl adjacent to an activating group) is 1. The lowest BCUT2D eigenvalue weighted by molar-refractivity contribution is -0.870. The lowest BCUT2D eigenvalue weighted by atomic mass is 10.0. The predicted molar refractivity (Wildman–Crippen MR) is 341 cm³/mol. The molecule has 3 unspecified atom stereocenters. The summed E-state index contributed by atoms with van der Waals surface area (Å²) >= 11 is 0. The molecule has 79 heavy (non-hydrogen) atoms. The number of phosphoric acid groups is 1. The molecule has 0 aliphatic rings. The summed E-state index contributed by atoms with van der Waals surface area (Å²) in [6, 6.07) is -0.873. The fourth-order valence-electron chi connectivity index (χ4n) is 9.00. The van der Waals surface area contributed by atoms with Gasteiger partial charge in [0.05, 0.1) is 33.8 Å². The van der Waals surface area contributed by atoms with Gasteiger partial charge in [0.25, 0.3) is 0 Å². The van der Waals surface area contributed by atoms with Crippen LogP contribution in [0.1, 0.15) is 278 Å². The summed E-state index contributed by atoms with van der Waals surface area (Å²) in [6.07, 6.45) is 78.3. The Bertz CT molecular complexity index is 1670. The number of unbranched alkanes of at least 4 members (excludes halogenated alkanes) is 28. The minimum absolute atomic E-state index is 0.0289. The third-order valence-corrected chi connectivity index (χ3v) is 15.0. The minimum Gasteiger partial charge on any atom is -0.456 e. The van der Waals surface area contributed by atoms with Crippen LogP contribution < -0.4 is 5.32 Å². The van der Waals surface area contributed by atoms with Gasteiger partial charge in [-0.15, -0.1) is 0 Å². The number of amides is 1. The number of hydrogen-bond acceptors (Lipinski definition) is 6. The van der Waals surface area contributed by atoms with E-state index < -0.39 is 20.0 Å². The van der Waals surface area contributed by atoms with Crippen LogP contribution in [0.3, 0.4) is 0 Å². The van der Waals surface area contributed by atoms with Gasteiger partial charge in [0.15, 0.2) is 0 Å². The number of hydrogen-bond donors (Lipinski definition) is 2. The van der Waals surface area contributed by atoms with Gasteiger partial charge in [-0.05, 0) is 109 Å². The molecule has 9 nitrogen and oxygen atoms in total. The normalized spacial score (nSPS) is 14.3. The molecule has 0 aromatic carbocycles. The third-order valence-electron chi connectivity index (χ3n) is 14.0. The fourth-order valence-corrected chi connectivity index (χ4v) is 9.73. The zero-order chi connectivity index (χ0) is 57.9. The van der Waals surface area contributed by atoms with E-state index in [0.717, 1.165) is 89.9 Å². The Kier molecular flexibility index (Phi) is 55.9. The second-order valence-electron chi connectivity index (χ2n) is 22.9. The molecule has 0 saturated heterocycles. The van der Waals surface area contributed by atoms with E-state index in [9.17, 15) is 19.0 Å². The molecule has 0 saturated carbocycles. The van der Waals surface area contributed by atoms with Crippen LogP contribution in [0.5, 0.6) is 0 Å². The van der Waals surface area contributed by atoms with Crippen molar-refractivity contribution in [1.82, 2.24) is 5.32 Å². The Morgan fingerprint density at radius 1 is 0.456 bits per heavy atom. The van der Waals surface area contributed by atoms with Crippen LogP contribution in [0.15, 0.2) is 97.2 Å². The molecule has 0 bridgehead atoms. The van der Waals surface area contributed by atoms with Crippen molar-refractivity contribution >= 4 is 19.7 Å². The van der Waals surface area contributed by atoms with Gasteiger partial charge in [-0.25, -0.2) is 4.57 Å². The molecule has 0 aromatic rings. The molecule has 0 aliphatic carbocycles. The van der Waals surface area contributed by atoms with Crippen LogP contribution in [-0.4, -0.2) is 74.3 Å². The molecular weight excluding hydrogens is 1000 g/mol. The minimum atomic E-state index is -4.47. The molecule has 0 aromatic heterocycles.